The van der Waals surface area contributed by atoms with E-state index in [2.05, 4.69) is 5.32 Å². The Morgan fingerprint density at radius 3 is 2.27 bits per heavy atom. The molecule has 5 aliphatic rings. The molecule has 0 atom stereocenters. The molecule has 4 saturated carbocycles. The Morgan fingerprint density at radius 1 is 1.10 bits per heavy atom. The topological polar surface area (TPSA) is 84.9 Å². The van der Waals surface area contributed by atoms with Crippen LogP contribution in [0.5, 0.6) is 5.75 Å². The van der Waals surface area contributed by atoms with Gasteiger partial charge in [0.1, 0.15) is 5.75 Å². The highest BCUT2D eigenvalue weighted by Crippen LogP contribution is 2.55. The summed E-state index contributed by atoms with van der Waals surface area (Å²) < 4.78 is 38.2. The van der Waals surface area contributed by atoms with Crippen LogP contribution in [0.3, 0.4) is 0 Å². The standard InChI is InChI=1S/C22H30N2O5S/c1-28-20-3-2-18(30(26,27)24-4-6-29-7-5-24)11-19(20)21(25)23-22-12-15-8-16(13-22)10-17(9-15)14-22/h2-3,11,15-17H,4-10,12-14H2,1H3,(H,23,25). The number of morpholine rings is 1. The first-order chi connectivity index (χ1) is 14.4. The van der Waals surface area contributed by atoms with Crippen LogP contribution in [0.4, 0.5) is 0 Å². The van der Waals surface area contributed by atoms with Gasteiger partial charge >= 0.3 is 0 Å². The van der Waals surface area contributed by atoms with Gasteiger partial charge in [0.2, 0.25) is 10.0 Å². The maximum Gasteiger partial charge on any atom is 0.255 e. The summed E-state index contributed by atoms with van der Waals surface area (Å²) in [4.78, 5) is 13.5. The first-order valence-electron chi connectivity index (χ1n) is 11.0. The van der Waals surface area contributed by atoms with E-state index >= 15 is 0 Å². The lowest BCUT2D eigenvalue weighted by Gasteiger charge is -2.56. The molecule has 0 aromatic heterocycles. The molecule has 4 aliphatic carbocycles. The number of ether oxygens (including phenoxy) is 2. The Balaban J connectivity index is 1.42. The third kappa shape index (κ3) is 3.52. The van der Waals surface area contributed by atoms with E-state index in [1.807, 2.05) is 0 Å². The number of carbonyl (C=O) groups excluding carboxylic acids is 1. The average Bonchev–Trinajstić information content (AvgIpc) is 2.72. The molecule has 1 aromatic carbocycles. The van der Waals surface area contributed by atoms with Crippen molar-refractivity contribution in [3.8, 4) is 5.75 Å². The lowest BCUT2D eigenvalue weighted by atomic mass is 9.53. The Kier molecular flexibility index (Phi) is 5.07. The van der Waals surface area contributed by atoms with Crippen LogP contribution in [0, 0.1) is 17.8 Å². The molecule has 4 bridgehead atoms. The van der Waals surface area contributed by atoms with Crippen molar-refractivity contribution in [1.82, 2.24) is 9.62 Å². The highest BCUT2D eigenvalue weighted by Gasteiger charge is 2.51. The molecule has 1 aliphatic heterocycles. The minimum absolute atomic E-state index is 0.126. The zero-order valence-electron chi connectivity index (χ0n) is 17.4. The SMILES string of the molecule is COc1ccc(S(=O)(=O)N2CCOCC2)cc1C(=O)NC12CC3CC(CC(C3)C1)C2. The second kappa shape index (κ2) is 7.50. The molecule has 1 amide bonds. The fraction of sp³-hybridized carbons (Fsp3) is 0.682. The summed E-state index contributed by atoms with van der Waals surface area (Å²) >= 11 is 0. The number of amides is 1. The Bertz CT molecular complexity index is 904. The molecular formula is C22H30N2O5S. The van der Waals surface area contributed by atoms with E-state index in [1.54, 1.807) is 6.07 Å². The predicted molar refractivity (Wildman–Crippen MR) is 111 cm³/mol. The van der Waals surface area contributed by atoms with Crippen LogP contribution in [0.1, 0.15) is 48.9 Å². The van der Waals surface area contributed by atoms with Crippen LogP contribution in [0.2, 0.25) is 0 Å². The van der Waals surface area contributed by atoms with Gasteiger partial charge in [-0.3, -0.25) is 4.79 Å². The lowest BCUT2D eigenvalue weighted by Crippen LogP contribution is -2.59. The summed E-state index contributed by atoms with van der Waals surface area (Å²) in [5, 5.41) is 3.33. The summed E-state index contributed by atoms with van der Waals surface area (Å²) in [6.45, 7) is 1.41. The zero-order chi connectivity index (χ0) is 20.9. The van der Waals surface area contributed by atoms with Gasteiger partial charge in [-0.1, -0.05) is 0 Å². The van der Waals surface area contributed by atoms with Crippen molar-refractivity contribution in [2.24, 2.45) is 17.8 Å². The summed E-state index contributed by atoms with van der Waals surface area (Å²) in [7, 11) is -2.17. The first-order valence-corrected chi connectivity index (χ1v) is 12.4. The van der Waals surface area contributed by atoms with Crippen LogP contribution in [-0.4, -0.2) is 57.6 Å². The highest BCUT2D eigenvalue weighted by atomic mass is 32.2. The third-order valence-electron chi connectivity index (χ3n) is 7.44. The molecule has 0 spiro atoms. The van der Waals surface area contributed by atoms with Crippen molar-refractivity contribution in [2.45, 2.75) is 49.0 Å². The largest absolute Gasteiger partial charge is 0.496 e. The fourth-order valence-electron chi connectivity index (χ4n) is 6.53. The first kappa shape index (κ1) is 20.3. The number of hydrogen-bond acceptors (Lipinski definition) is 5. The number of sulfonamides is 1. The Morgan fingerprint density at radius 2 is 1.70 bits per heavy atom. The van der Waals surface area contributed by atoms with Crippen molar-refractivity contribution >= 4 is 15.9 Å². The molecule has 1 heterocycles. The molecule has 1 N–H and O–H groups in total. The molecule has 1 saturated heterocycles. The predicted octanol–water partition coefficient (Wildman–Crippen LogP) is 2.41. The minimum Gasteiger partial charge on any atom is -0.496 e. The van der Waals surface area contributed by atoms with Gasteiger partial charge in [-0.15, -0.1) is 0 Å². The molecule has 0 radical (unpaired) electrons. The van der Waals surface area contributed by atoms with E-state index in [9.17, 15) is 13.2 Å². The van der Waals surface area contributed by atoms with Crippen molar-refractivity contribution in [1.29, 1.82) is 0 Å². The molecule has 164 valence electrons. The molecule has 7 nitrogen and oxygen atoms in total. The number of benzene rings is 1. The van der Waals surface area contributed by atoms with Crippen LogP contribution >= 0.6 is 0 Å². The van der Waals surface area contributed by atoms with Crippen molar-refractivity contribution in [2.75, 3.05) is 33.4 Å². The minimum atomic E-state index is -3.68. The van der Waals surface area contributed by atoms with Crippen LogP contribution in [0.25, 0.3) is 0 Å². The molecule has 1 aromatic rings. The van der Waals surface area contributed by atoms with Crippen LogP contribution in [-0.2, 0) is 14.8 Å². The van der Waals surface area contributed by atoms with Gasteiger partial charge in [-0.05, 0) is 74.5 Å². The second-order valence-corrected chi connectivity index (χ2v) is 11.5. The monoisotopic (exact) mass is 434 g/mol. The van der Waals surface area contributed by atoms with Crippen molar-refractivity contribution in [3.05, 3.63) is 23.8 Å². The number of carbonyl (C=O) groups is 1. The van der Waals surface area contributed by atoms with Crippen molar-refractivity contribution < 1.29 is 22.7 Å². The molecule has 8 heteroatoms. The normalized spacial score (nSPS) is 33.4. The van der Waals surface area contributed by atoms with E-state index in [1.165, 1.54) is 42.8 Å². The van der Waals surface area contributed by atoms with Gasteiger partial charge in [0, 0.05) is 18.6 Å². The summed E-state index contributed by atoms with van der Waals surface area (Å²) in [6.07, 6.45) is 7.01. The van der Waals surface area contributed by atoms with Gasteiger partial charge in [-0.2, -0.15) is 4.31 Å². The van der Waals surface area contributed by atoms with Gasteiger partial charge in [0.05, 0.1) is 30.8 Å². The van der Waals surface area contributed by atoms with Gasteiger partial charge in [0.15, 0.2) is 0 Å². The van der Waals surface area contributed by atoms with E-state index in [0.29, 0.717) is 55.4 Å². The van der Waals surface area contributed by atoms with E-state index < -0.39 is 10.0 Å². The molecule has 30 heavy (non-hydrogen) atoms. The number of nitrogens with zero attached hydrogens (tertiary/aromatic N) is 1. The van der Waals surface area contributed by atoms with E-state index in [0.717, 1.165) is 19.3 Å². The molecule has 5 fully saturated rings. The van der Waals surface area contributed by atoms with Crippen LogP contribution < -0.4 is 10.1 Å². The molecule has 0 unspecified atom stereocenters. The Labute approximate surface area is 178 Å². The zero-order valence-corrected chi connectivity index (χ0v) is 18.2. The fourth-order valence-corrected chi connectivity index (χ4v) is 7.97. The average molecular weight is 435 g/mol. The Hall–Kier alpha value is -1.64. The lowest BCUT2D eigenvalue weighted by molar-refractivity contribution is -0.0167. The highest BCUT2D eigenvalue weighted by molar-refractivity contribution is 7.89. The van der Waals surface area contributed by atoms with Gasteiger partial charge in [-0.25, -0.2) is 8.42 Å². The van der Waals surface area contributed by atoms with E-state index in [4.69, 9.17) is 9.47 Å². The van der Waals surface area contributed by atoms with Crippen molar-refractivity contribution in [3.63, 3.8) is 0 Å². The maximum atomic E-state index is 13.3. The summed E-state index contributed by atoms with van der Waals surface area (Å²) in [5.41, 5.74) is 0.151. The maximum absolute atomic E-state index is 13.3. The number of methoxy groups -OCH3 is 1. The summed E-state index contributed by atoms with van der Waals surface area (Å²) in [6, 6.07) is 4.58. The third-order valence-corrected chi connectivity index (χ3v) is 9.33. The summed E-state index contributed by atoms with van der Waals surface area (Å²) in [5.74, 6) is 2.32. The smallest absolute Gasteiger partial charge is 0.255 e. The van der Waals surface area contributed by atoms with E-state index in [-0.39, 0.29) is 16.3 Å². The second-order valence-electron chi connectivity index (χ2n) is 9.53. The number of hydrogen-bond donors (Lipinski definition) is 1. The van der Waals surface area contributed by atoms with Crippen LogP contribution in [0.15, 0.2) is 23.1 Å². The number of rotatable bonds is 5. The quantitative estimate of drug-likeness (QED) is 0.769. The van der Waals surface area contributed by atoms with Gasteiger partial charge < -0.3 is 14.8 Å². The van der Waals surface area contributed by atoms with Gasteiger partial charge in [0.25, 0.3) is 5.91 Å². The molecule has 6 rings (SSSR count). The molecular weight excluding hydrogens is 404 g/mol. The number of nitrogens with one attached hydrogen (secondary N) is 1.